The largest absolute Gasteiger partial charge is 0.507 e. The molecule has 0 bridgehead atoms. The van der Waals surface area contributed by atoms with E-state index < -0.39 is 0 Å². The summed E-state index contributed by atoms with van der Waals surface area (Å²) in [6, 6.07) is 30.9. The fourth-order valence-corrected chi connectivity index (χ4v) is 2.82. The molecule has 4 nitrogen and oxygen atoms in total. The Bertz CT molecular complexity index is 1040. The summed E-state index contributed by atoms with van der Waals surface area (Å²) in [6.45, 7) is 0. The van der Waals surface area contributed by atoms with Gasteiger partial charge in [-0.1, -0.05) is 84.9 Å². The molecule has 4 rings (SSSR count). The minimum absolute atomic E-state index is 0.0198. The summed E-state index contributed by atoms with van der Waals surface area (Å²) in [7, 11) is 0. The van der Waals surface area contributed by atoms with Crippen LogP contribution in [0.5, 0.6) is 11.5 Å². The number of carbonyl (C=O) groups is 2. The van der Waals surface area contributed by atoms with E-state index in [1.54, 1.807) is 84.9 Å². The van der Waals surface area contributed by atoms with Crippen molar-refractivity contribution < 1.29 is 19.8 Å². The van der Waals surface area contributed by atoms with Crippen LogP contribution in [0.3, 0.4) is 0 Å². The average Bonchev–Trinajstić information content (AvgIpc) is 2.80. The average molecular weight is 396 g/mol. The SMILES string of the molecule is O=C(c1ccccc1)c1ccccc1O.O=C(c1ccccc1)c1ccccc1O. The van der Waals surface area contributed by atoms with Gasteiger partial charge < -0.3 is 10.2 Å². The Kier molecular flexibility index (Phi) is 6.74. The summed E-state index contributed by atoms with van der Waals surface area (Å²) in [6.07, 6.45) is 0. The minimum atomic E-state index is -0.159. The predicted molar refractivity (Wildman–Crippen MR) is 116 cm³/mol. The van der Waals surface area contributed by atoms with Gasteiger partial charge in [-0.3, -0.25) is 9.59 Å². The molecule has 4 aromatic carbocycles. The van der Waals surface area contributed by atoms with Gasteiger partial charge in [-0.2, -0.15) is 0 Å². The fraction of sp³-hybridized carbons (Fsp3) is 0. The Labute approximate surface area is 174 Å². The molecule has 0 aliphatic carbocycles. The van der Waals surface area contributed by atoms with Gasteiger partial charge in [0.1, 0.15) is 11.5 Å². The lowest BCUT2D eigenvalue weighted by Crippen LogP contribution is -2.00. The Hall–Kier alpha value is -4.18. The molecule has 0 radical (unpaired) electrons. The lowest BCUT2D eigenvalue weighted by Gasteiger charge is -2.02. The first-order valence-electron chi connectivity index (χ1n) is 9.33. The van der Waals surface area contributed by atoms with Crippen LogP contribution >= 0.6 is 0 Å². The molecule has 0 aromatic heterocycles. The van der Waals surface area contributed by atoms with Crippen molar-refractivity contribution in [2.75, 3.05) is 0 Å². The lowest BCUT2D eigenvalue weighted by atomic mass is 10.0. The van der Waals surface area contributed by atoms with Crippen LogP contribution in [0.4, 0.5) is 0 Å². The van der Waals surface area contributed by atoms with E-state index in [1.807, 2.05) is 12.1 Å². The van der Waals surface area contributed by atoms with Gasteiger partial charge in [0.25, 0.3) is 0 Å². The molecule has 148 valence electrons. The monoisotopic (exact) mass is 396 g/mol. The zero-order chi connectivity index (χ0) is 21.3. The van der Waals surface area contributed by atoms with Crippen molar-refractivity contribution in [2.45, 2.75) is 0 Å². The molecule has 2 N–H and O–H groups in total. The lowest BCUT2D eigenvalue weighted by molar-refractivity contribution is 0.102. The second kappa shape index (κ2) is 9.85. The number of hydrogen-bond donors (Lipinski definition) is 2. The number of phenols is 2. The molecule has 0 saturated heterocycles. The smallest absolute Gasteiger partial charge is 0.196 e. The molecule has 0 aliphatic heterocycles. The van der Waals surface area contributed by atoms with Crippen molar-refractivity contribution in [1.29, 1.82) is 0 Å². The highest BCUT2D eigenvalue weighted by Crippen LogP contribution is 2.20. The van der Waals surface area contributed by atoms with E-state index in [9.17, 15) is 19.8 Å². The van der Waals surface area contributed by atoms with Crippen molar-refractivity contribution in [1.82, 2.24) is 0 Å². The molecule has 0 unspecified atom stereocenters. The first kappa shape index (κ1) is 20.6. The summed E-state index contributed by atoms with van der Waals surface area (Å²) < 4.78 is 0. The van der Waals surface area contributed by atoms with Crippen LogP contribution in [0.15, 0.2) is 109 Å². The number of phenolic OH excluding ortho intramolecular Hbond substituents is 2. The van der Waals surface area contributed by atoms with Crippen LogP contribution in [0.2, 0.25) is 0 Å². The maximum absolute atomic E-state index is 11.9. The predicted octanol–water partition coefficient (Wildman–Crippen LogP) is 5.25. The number of benzene rings is 4. The van der Waals surface area contributed by atoms with Crippen molar-refractivity contribution in [3.05, 3.63) is 131 Å². The highest BCUT2D eigenvalue weighted by Gasteiger charge is 2.12. The second-order valence-electron chi connectivity index (χ2n) is 6.42. The Morgan fingerprint density at radius 1 is 0.433 bits per heavy atom. The molecule has 0 heterocycles. The van der Waals surface area contributed by atoms with Crippen molar-refractivity contribution in [2.24, 2.45) is 0 Å². The number of aromatic hydroxyl groups is 2. The number of carbonyl (C=O) groups excluding carboxylic acids is 2. The van der Waals surface area contributed by atoms with Gasteiger partial charge in [0.15, 0.2) is 11.6 Å². The third kappa shape index (κ3) is 5.00. The van der Waals surface area contributed by atoms with Gasteiger partial charge in [-0.15, -0.1) is 0 Å². The molecule has 0 saturated carbocycles. The van der Waals surface area contributed by atoms with Gasteiger partial charge in [0.05, 0.1) is 11.1 Å². The van der Waals surface area contributed by atoms with Gasteiger partial charge in [-0.25, -0.2) is 0 Å². The number of para-hydroxylation sites is 2. The van der Waals surface area contributed by atoms with E-state index in [0.29, 0.717) is 22.3 Å². The Morgan fingerprint density at radius 3 is 1.07 bits per heavy atom. The molecule has 0 spiro atoms. The van der Waals surface area contributed by atoms with Gasteiger partial charge in [0.2, 0.25) is 0 Å². The number of ketones is 2. The summed E-state index contributed by atoms with van der Waals surface area (Å²) in [4.78, 5) is 23.8. The maximum Gasteiger partial charge on any atom is 0.196 e. The first-order valence-corrected chi connectivity index (χ1v) is 9.33. The second-order valence-corrected chi connectivity index (χ2v) is 6.42. The molecule has 0 aliphatic rings. The molecular weight excluding hydrogens is 376 g/mol. The van der Waals surface area contributed by atoms with Gasteiger partial charge in [-0.05, 0) is 24.3 Å². The normalized spacial score (nSPS) is 9.87. The van der Waals surface area contributed by atoms with Crippen LogP contribution in [-0.2, 0) is 0 Å². The first-order chi connectivity index (χ1) is 14.6. The van der Waals surface area contributed by atoms with E-state index in [2.05, 4.69) is 0 Å². The van der Waals surface area contributed by atoms with Crippen LogP contribution in [0.25, 0.3) is 0 Å². The molecule has 4 aromatic rings. The number of rotatable bonds is 4. The highest BCUT2D eigenvalue weighted by molar-refractivity contribution is 6.11. The van der Waals surface area contributed by atoms with Crippen molar-refractivity contribution in [3.8, 4) is 11.5 Å². The third-order valence-corrected chi connectivity index (χ3v) is 4.37. The molecule has 0 atom stereocenters. The number of hydrogen-bond acceptors (Lipinski definition) is 4. The minimum Gasteiger partial charge on any atom is -0.507 e. The highest BCUT2D eigenvalue weighted by atomic mass is 16.3. The van der Waals surface area contributed by atoms with Gasteiger partial charge >= 0.3 is 0 Å². The third-order valence-electron chi connectivity index (χ3n) is 4.37. The summed E-state index contributed by atoms with van der Waals surface area (Å²) in [5.41, 5.74) is 1.84. The Balaban J connectivity index is 0.000000171. The van der Waals surface area contributed by atoms with Crippen LogP contribution in [-0.4, -0.2) is 21.8 Å². The van der Waals surface area contributed by atoms with Crippen molar-refractivity contribution in [3.63, 3.8) is 0 Å². The summed E-state index contributed by atoms with van der Waals surface area (Å²) >= 11 is 0. The zero-order valence-corrected chi connectivity index (χ0v) is 16.1. The standard InChI is InChI=1S/2C13H10O2/c2*14-12-9-5-4-8-11(12)13(15)10-6-2-1-3-7-10/h2*1-9,14H. The maximum atomic E-state index is 11.9. The topological polar surface area (TPSA) is 74.6 Å². The van der Waals surface area contributed by atoms with E-state index in [-0.39, 0.29) is 23.1 Å². The molecule has 0 fully saturated rings. The quantitative estimate of drug-likeness (QED) is 0.462. The van der Waals surface area contributed by atoms with Crippen LogP contribution < -0.4 is 0 Å². The zero-order valence-electron chi connectivity index (χ0n) is 16.1. The van der Waals surface area contributed by atoms with E-state index in [4.69, 9.17) is 0 Å². The van der Waals surface area contributed by atoms with E-state index in [0.717, 1.165) is 0 Å². The molecule has 30 heavy (non-hydrogen) atoms. The van der Waals surface area contributed by atoms with Crippen LogP contribution in [0, 0.1) is 0 Å². The molecule has 4 heteroatoms. The fourth-order valence-electron chi connectivity index (χ4n) is 2.82. The van der Waals surface area contributed by atoms with E-state index in [1.165, 1.54) is 12.1 Å². The summed E-state index contributed by atoms with van der Waals surface area (Å²) in [5.74, 6) is -0.278. The van der Waals surface area contributed by atoms with Gasteiger partial charge in [0, 0.05) is 11.1 Å². The van der Waals surface area contributed by atoms with Crippen LogP contribution in [0.1, 0.15) is 31.8 Å². The summed E-state index contributed by atoms with van der Waals surface area (Å²) in [5, 5.41) is 19.0. The molecule has 0 amide bonds. The van der Waals surface area contributed by atoms with Crippen molar-refractivity contribution >= 4 is 11.6 Å². The van der Waals surface area contributed by atoms with E-state index >= 15 is 0 Å². The molecular formula is C26H20O4. The Morgan fingerprint density at radius 2 is 0.733 bits per heavy atom.